The van der Waals surface area contributed by atoms with Crippen LogP contribution in [0.5, 0.6) is 0 Å². The van der Waals surface area contributed by atoms with E-state index >= 15 is 0 Å². The zero-order valence-corrected chi connectivity index (χ0v) is 15.1. The number of rotatable bonds is 3. The maximum atomic E-state index is 13.2. The van der Waals surface area contributed by atoms with Gasteiger partial charge in [0.15, 0.2) is 5.78 Å². The lowest BCUT2D eigenvalue weighted by Gasteiger charge is -2.26. The molecule has 1 N–H and O–H groups in total. The van der Waals surface area contributed by atoms with Gasteiger partial charge in [0.1, 0.15) is 12.1 Å². The largest absolute Gasteiger partial charge is 0.325 e. The molecule has 6 heteroatoms. The molecule has 1 amide bonds. The fraction of sp³-hybridized carbons (Fsp3) is 0.400. The average Bonchev–Trinajstić information content (AvgIpc) is 3.37. The van der Waals surface area contributed by atoms with Crippen molar-refractivity contribution in [1.29, 1.82) is 5.26 Å². The van der Waals surface area contributed by atoms with E-state index in [0.717, 1.165) is 17.5 Å². The van der Waals surface area contributed by atoms with Crippen molar-refractivity contribution in [2.24, 2.45) is 5.92 Å². The van der Waals surface area contributed by atoms with Crippen molar-refractivity contribution in [3.05, 3.63) is 41.0 Å². The Bertz CT molecular complexity index is 870. The number of likely N-dealkylation sites (tertiary alicyclic amines) is 1. The van der Waals surface area contributed by atoms with Crippen LogP contribution in [0.3, 0.4) is 0 Å². The van der Waals surface area contributed by atoms with Gasteiger partial charge in [-0.15, -0.1) is 0 Å². The first-order valence-electron chi connectivity index (χ1n) is 8.89. The molecule has 2 aliphatic heterocycles. The van der Waals surface area contributed by atoms with Crippen LogP contribution in [0, 0.1) is 17.2 Å². The Hall–Kier alpha value is -2.36. The van der Waals surface area contributed by atoms with Crippen molar-refractivity contribution in [3.8, 4) is 6.07 Å². The van der Waals surface area contributed by atoms with E-state index in [1.807, 2.05) is 30.3 Å². The van der Waals surface area contributed by atoms with Crippen LogP contribution in [-0.2, 0) is 16.0 Å². The summed E-state index contributed by atoms with van der Waals surface area (Å²) >= 11 is 5.42. The minimum Gasteiger partial charge on any atom is -0.325 e. The Morgan fingerprint density at radius 3 is 2.88 bits per heavy atom. The maximum absolute atomic E-state index is 13.2. The molecule has 0 saturated carbocycles. The van der Waals surface area contributed by atoms with E-state index in [-0.39, 0.29) is 11.7 Å². The van der Waals surface area contributed by atoms with Crippen LogP contribution in [0.15, 0.2) is 29.8 Å². The van der Waals surface area contributed by atoms with Gasteiger partial charge in [-0.3, -0.25) is 9.59 Å². The van der Waals surface area contributed by atoms with E-state index in [9.17, 15) is 14.9 Å². The smallest absolute Gasteiger partial charge is 0.241 e. The second-order valence-electron chi connectivity index (χ2n) is 7.03. The molecule has 4 rings (SSSR count). The second-order valence-corrected chi connectivity index (χ2v) is 7.56. The number of ketones is 1. The van der Waals surface area contributed by atoms with Gasteiger partial charge in [-0.05, 0) is 30.0 Å². The molecule has 5 nitrogen and oxygen atoms in total. The molecule has 26 heavy (non-hydrogen) atoms. The van der Waals surface area contributed by atoms with Gasteiger partial charge in [0.25, 0.3) is 0 Å². The summed E-state index contributed by atoms with van der Waals surface area (Å²) in [6.07, 6.45) is 4.01. The lowest BCUT2D eigenvalue weighted by atomic mass is 9.89. The summed E-state index contributed by atoms with van der Waals surface area (Å²) in [5, 5.41) is 12.4. The van der Waals surface area contributed by atoms with Gasteiger partial charge in [0.05, 0.1) is 12.0 Å². The monoisotopic (exact) mass is 365 g/mol. The third-order valence-corrected chi connectivity index (χ3v) is 5.89. The molecule has 3 aliphatic rings. The molecule has 1 aromatic rings. The standard InChI is InChI=1S/C20H19N3O2S/c21-10-15-6-3-7-23(15)20(25)18-17(16(26)11-22-18)19(24)14-8-12-4-1-2-5-13(12)9-14/h1-2,4-5,8,15,17-18,22H,3,6-7,9,11H2/t15-,17?,18-/m0/s1. The van der Waals surface area contributed by atoms with Gasteiger partial charge >= 0.3 is 0 Å². The highest BCUT2D eigenvalue weighted by Crippen LogP contribution is 2.30. The molecular formula is C20H19N3O2S. The summed E-state index contributed by atoms with van der Waals surface area (Å²) in [4.78, 5) is 28.3. The number of Topliss-reactive ketones (excluding diaryl/α,β-unsaturated/α-hetero) is 1. The molecule has 132 valence electrons. The van der Waals surface area contributed by atoms with Gasteiger partial charge in [-0.1, -0.05) is 36.5 Å². The van der Waals surface area contributed by atoms with Gasteiger partial charge < -0.3 is 10.2 Å². The number of amides is 1. The minimum absolute atomic E-state index is 0.0674. The Kier molecular flexibility index (Phi) is 4.43. The number of nitrogens with one attached hydrogen (secondary N) is 1. The number of nitriles is 1. The molecule has 1 aliphatic carbocycles. The number of carbonyl (C=O) groups is 2. The summed E-state index contributed by atoms with van der Waals surface area (Å²) in [6, 6.07) is 9.05. The highest BCUT2D eigenvalue weighted by molar-refractivity contribution is 7.80. The molecule has 0 aromatic heterocycles. The van der Waals surface area contributed by atoms with Crippen LogP contribution in [-0.4, -0.2) is 46.6 Å². The van der Waals surface area contributed by atoms with Crippen LogP contribution >= 0.6 is 12.2 Å². The number of hydrogen-bond donors (Lipinski definition) is 1. The van der Waals surface area contributed by atoms with Crippen LogP contribution < -0.4 is 5.32 Å². The van der Waals surface area contributed by atoms with Crippen LogP contribution in [0.1, 0.15) is 24.0 Å². The zero-order valence-electron chi connectivity index (χ0n) is 14.3. The van der Waals surface area contributed by atoms with E-state index in [2.05, 4.69) is 11.4 Å². The normalized spacial score (nSPS) is 27.2. The first kappa shape index (κ1) is 17.1. The number of thiocarbonyl (C=S) groups is 1. The summed E-state index contributed by atoms with van der Waals surface area (Å²) in [7, 11) is 0. The first-order valence-corrected chi connectivity index (χ1v) is 9.30. The molecule has 2 fully saturated rings. The fourth-order valence-electron chi connectivity index (χ4n) is 4.13. The van der Waals surface area contributed by atoms with Gasteiger partial charge in [-0.25, -0.2) is 0 Å². The topological polar surface area (TPSA) is 73.2 Å². The predicted octanol–water partition coefficient (Wildman–Crippen LogP) is 1.67. The maximum Gasteiger partial charge on any atom is 0.241 e. The van der Waals surface area contributed by atoms with E-state index < -0.39 is 18.0 Å². The summed E-state index contributed by atoms with van der Waals surface area (Å²) in [5.74, 6) is -0.872. The summed E-state index contributed by atoms with van der Waals surface area (Å²) < 4.78 is 0. The Labute approximate surface area is 157 Å². The number of hydrogen-bond acceptors (Lipinski definition) is 5. The second kappa shape index (κ2) is 6.75. The molecule has 0 bridgehead atoms. The Morgan fingerprint density at radius 2 is 2.12 bits per heavy atom. The van der Waals surface area contributed by atoms with E-state index in [0.29, 0.717) is 36.4 Å². The van der Waals surface area contributed by atoms with E-state index in [4.69, 9.17) is 12.2 Å². The lowest BCUT2D eigenvalue weighted by molar-refractivity contribution is -0.135. The lowest BCUT2D eigenvalue weighted by Crippen LogP contribution is -2.49. The molecular weight excluding hydrogens is 346 g/mol. The highest BCUT2D eigenvalue weighted by Gasteiger charge is 2.45. The molecule has 1 unspecified atom stereocenters. The zero-order chi connectivity index (χ0) is 18.3. The van der Waals surface area contributed by atoms with Crippen molar-refractivity contribution in [1.82, 2.24) is 10.2 Å². The molecule has 1 aromatic carbocycles. The van der Waals surface area contributed by atoms with E-state index in [1.165, 1.54) is 0 Å². The molecule has 0 radical (unpaired) electrons. The predicted molar refractivity (Wildman–Crippen MR) is 101 cm³/mol. The minimum atomic E-state index is -0.659. The number of fused-ring (bicyclic) bond motifs is 1. The fourth-order valence-corrected chi connectivity index (χ4v) is 4.46. The van der Waals surface area contributed by atoms with Gasteiger partial charge in [0.2, 0.25) is 5.91 Å². The number of allylic oxidation sites excluding steroid dienone is 1. The van der Waals surface area contributed by atoms with E-state index in [1.54, 1.807) is 4.90 Å². The van der Waals surface area contributed by atoms with Gasteiger partial charge in [0, 0.05) is 29.9 Å². The van der Waals surface area contributed by atoms with Crippen LogP contribution in [0.2, 0.25) is 0 Å². The highest BCUT2D eigenvalue weighted by atomic mass is 32.1. The van der Waals surface area contributed by atoms with Crippen LogP contribution in [0.4, 0.5) is 0 Å². The summed E-state index contributed by atoms with van der Waals surface area (Å²) in [6.45, 7) is 0.949. The molecule has 3 atom stereocenters. The third kappa shape index (κ3) is 2.77. The Balaban J connectivity index is 1.57. The Morgan fingerprint density at radius 1 is 1.31 bits per heavy atom. The van der Waals surface area contributed by atoms with Crippen molar-refractivity contribution in [3.63, 3.8) is 0 Å². The third-order valence-electron chi connectivity index (χ3n) is 5.49. The van der Waals surface area contributed by atoms with Crippen molar-refractivity contribution in [2.45, 2.75) is 31.3 Å². The SMILES string of the molecule is N#C[C@@H]1CCCN1C(=O)[C@H]1NCC(=S)C1C(=O)C1=Cc2ccccc2C1. The van der Waals surface area contributed by atoms with Crippen molar-refractivity contribution in [2.75, 3.05) is 13.1 Å². The molecule has 0 spiro atoms. The quantitative estimate of drug-likeness (QED) is 0.825. The number of benzene rings is 1. The average molecular weight is 365 g/mol. The van der Waals surface area contributed by atoms with Gasteiger partial charge in [-0.2, -0.15) is 5.26 Å². The first-order chi connectivity index (χ1) is 12.6. The number of carbonyl (C=O) groups excluding carboxylic acids is 2. The molecule has 2 heterocycles. The number of nitrogens with zero attached hydrogens (tertiary/aromatic N) is 2. The van der Waals surface area contributed by atoms with Crippen molar-refractivity contribution >= 4 is 34.8 Å². The van der Waals surface area contributed by atoms with Crippen molar-refractivity contribution < 1.29 is 9.59 Å². The van der Waals surface area contributed by atoms with Crippen LogP contribution in [0.25, 0.3) is 6.08 Å². The summed E-state index contributed by atoms with van der Waals surface area (Å²) in [5.41, 5.74) is 2.89. The molecule has 2 saturated heterocycles.